The monoisotopic (exact) mass is 345 g/mol. The van der Waals surface area contributed by atoms with Crippen LogP contribution in [-0.2, 0) is 11.3 Å². The summed E-state index contributed by atoms with van der Waals surface area (Å²) in [7, 11) is 4.15. The Kier molecular flexibility index (Phi) is 7.64. The van der Waals surface area contributed by atoms with Crippen molar-refractivity contribution >= 4 is 5.78 Å². The van der Waals surface area contributed by atoms with Gasteiger partial charge in [0.2, 0.25) is 0 Å². The highest BCUT2D eigenvalue weighted by molar-refractivity contribution is 5.81. The summed E-state index contributed by atoms with van der Waals surface area (Å²) >= 11 is 0. The van der Waals surface area contributed by atoms with Gasteiger partial charge in [-0.15, -0.1) is 0 Å². The number of carbonyl (C=O) groups excluding carboxylic acids is 1. The molecule has 25 heavy (non-hydrogen) atoms. The number of hydrogen-bond acceptors (Lipinski definition) is 3. The molecule has 3 unspecified atom stereocenters. The smallest absolute Gasteiger partial charge is 0.138 e. The molecule has 3 nitrogen and oxygen atoms in total. The van der Waals surface area contributed by atoms with Gasteiger partial charge in [-0.3, -0.25) is 4.79 Å². The topological polar surface area (TPSA) is 40.5 Å². The third-order valence-electron chi connectivity index (χ3n) is 5.38. The highest BCUT2D eigenvalue weighted by atomic mass is 16.3. The van der Waals surface area contributed by atoms with Crippen LogP contribution in [0.3, 0.4) is 0 Å². The Morgan fingerprint density at radius 3 is 2.48 bits per heavy atom. The van der Waals surface area contributed by atoms with Gasteiger partial charge in [0.25, 0.3) is 0 Å². The van der Waals surface area contributed by atoms with Gasteiger partial charge in [-0.1, -0.05) is 44.5 Å². The van der Waals surface area contributed by atoms with Crippen LogP contribution in [0.2, 0.25) is 0 Å². The number of carbonyl (C=O) groups is 1. The number of ketones is 1. The number of aliphatic hydroxyl groups excluding tert-OH is 1. The summed E-state index contributed by atoms with van der Waals surface area (Å²) in [5.41, 5.74) is 2.63. The lowest BCUT2D eigenvalue weighted by Crippen LogP contribution is -2.34. The Balaban J connectivity index is 1.95. The van der Waals surface area contributed by atoms with E-state index in [2.05, 4.69) is 57.1 Å². The minimum Gasteiger partial charge on any atom is -0.392 e. The van der Waals surface area contributed by atoms with Crippen molar-refractivity contribution in [1.29, 1.82) is 0 Å². The first-order chi connectivity index (χ1) is 11.9. The Hall–Kier alpha value is -1.19. The van der Waals surface area contributed by atoms with Crippen molar-refractivity contribution in [3.8, 4) is 0 Å². The molecule has 1 aromatic rings. The molecule has 0 bridgehead atoms. The second-order valence-electron chi connectivity index (χ2n) is 8.42. The number of nitrogens with zero attached hydrogens (tertiary/aromatic N) is 1. The van der Waals surface area contributed by atoms with Gasteiger partial charge in [-0.25, -0.2) is 0 Å². The first-order valence-electron chi connectivity index (χ1n) is 9.81. The van der Waals surface area contributed by atoms with E-state index in [1.807, 2.05) is 0 Å². The Morgan fingerprint density at radius 2 is 1.88 bits per heavy atom. The van der Waals surface area contributed by atoms with E-state index >= 15 is 0 Å². The van der Waals surface area contributed by atoms with Crippen LogP contribution < -0.4 is 0 Å². The van der Waals surface area contributed by atoms with E-state index in [0.717, 1.165) is 38.6 Å². The summed E-state index contributed by atoms with van der Waals surface area (Å²) in [5.74, 6) is 1.13. The maximum Gasteiger partial charge on any atom is 0.138 e. The van der Waals surface area contributed by atoms with E-state index in [1.165, 1.54) is 11.1 Å². The molecule has 0 spiro atoms. The summed E-state index contributed by atoms with van der Waals surface area (Å²) < 4.78 is 0. The summed E-state index contributed by atoms with van der Waals surface area (Å²) in [6.07, 6.45) is 4.73. The minimum absolute atomic E-state index is 0.174. The average molecular weight is 346 g/mol. The molecule has 0 aliphatic heterocycles. The van der Waals surface area contributed by atoms with Crippen molar-refractivity contribution < 1.29 is 9.90 Å². The zero-order valence-electron chi connectivity index (χ0n) is 16.4. The first kappa shape index (κ1) is 20.1. The third kappa shape index (κ3) is 6.23. The largest absolute Gasteiger partial charge is 0.392 e. The van der Waals surface area contributed by atoms with Gasteiger partial charge in [0.05, 0.1) is 6.10 Å². The van der Waals surface area contributed by atoms with E-state index < -0.39 is 6.10 Å². The maximum absolute atomic E-state index is 12.6. The van der Waals surface area contributed by atoms with E-state index in [4.69, 9.17) is 0 Å². The van der Waals surface area contributed by atoms with E-state index in [1.54, 1.807) is 0 Å². The molecule has 0 saturated heterocycles. The molecule has 1 saturated carbocycles. The number of aliphatic hydroxyl groups is 1. The fraction of sp³-hybridized carbons (Fsp3) is 0.682. The van der Waals surface area contributed by atoms with Gasteiger partial charge >= 0.3 is 0 Å². The SMILES string of the molecule is CC(C)CCCC(=O)C1CC(c2ccc(CN(C)C)cc2)CCC1O. The lowest BCUT2D eigenvalue weighted by Gasteiger charge is -2.33. The minimum atomic E-state index is -0.448. The van der Waals surface area contributed by atoms with Crippen LogP contribution in [0.1, 0.15) is 69.4 Å². The van der Waals surface area contributed by atoms with Crippen LogP contribution in [0.15, 0.2) is 24.3 Å². The van der Waals surface area contributed by atoms with Crippen LogP contribution in [0.4, 0.5) is 0 Å². The van der Waals surface area contributed by atoms with Gasteiger partial charge < -0.3 is 10.0 Å². The van der Waals surface area contributed by atoms with Crippen molar-refractivity contribution in [1.82, 2.24) is 4.90 Å². The molecule has 3 atom stereocenters. The number of Topliss-reactive ketones (excluding diaryl/α,β-unsaturated/α-hetero) is 1. The van der Waals surface area contributed by atoms with Gasteiger partial charge in [0, 0.05) is 18.9 Å². The van der Waals surface area contributed by atoms with Crippen LogP contribution in [0.5, 0.6) is 0 Å². The zero-order valence-corrected chi connectivity index (χ0v) is 16.4. The molecular weight excluding hydrogens is 310 g/mol. The predicted octanol–water partition coefficient (Wildman–Crippen LogP) is 4.39. The molecular formula is C22H35NO2. The lowest BCUT2D eigenvalue weighted by atomic mass is 9.74. The summed E-state index contributed by atoms with van der Waals surface area (Å²) in [5, 5.41) is 10.3. The predicted molar refractivity (Wildman–Crippen MR) is 104 cm³/mol. The molecule has 1 aliphatic rings. The van der Waals surface area contributed by atoms with Crippen LogP contribution in [-0.4, -0.2) is 36.0 Å². The second kappa shape index (κ2) is 9.49. The van der Waals surface area contributed by atoms with Gasteiger partial charge in [0.1, 0.15) is 5.78 Å². The van der Waals surface area contributed by atoms with Crippen molar-refractivity contribution in [2.75, 3.05) is 14.1 Å². The Bertz CT molecular complexity index is 535. The fourth-order valence-electron chi connectivity index (χ4n) is 3.93. The quantitative estimate of drug-likeness (QED) is 0.760. The normalized spacial score (nSPS) is 24.0. The van der Waals surface area contributed by atoms with Crippen LogP contribution >= 0.6 is 0 Å². The molecule has 1 fully saturated rings. The standard InChI is InChI=1S/C22H35NO2/c1-16(2)6-5-7-21(24)20-14-19(12-13-22(20)25)18-10-8-17(9-11-18)15-23(3)4/h8-11,16,19-20,22,25H,5-7,12-15H2,1-4H3. The molecule has 140 valence electrons. The number of hydrogen-bond donors (Lipinski definition) is 1. The van der Waals surface area contributed by atoms with E-state index in [9.17, 15) is 9.90 Å². The highest BCUT2D eigenvalue weighted by Gasteiger charge is 2.34. The van der Waals surface area contributed by atoms with Crippen LogP contribution in [0.25, 0.3) is 0 Å². The number of benzene rings is 1. The first-order valence-corrected chi connectivity index (χ1v) is 9.81. The average Bonchev–Trinajstić information content (AvgIpc) is 2.55. The summed E-state index contributed by atoms with van der Waals surface area (Å²) in [6.45, 7) is 5.33. The van der Waals surface area contributed by atoms with E-state index in [0.29, 0.717) is 18.3 Å². The highest BCUT2D eigenvalue weighted by Crippen LogP contribution is 2.37. The summed E-state index contributed by atoms with van der Waals surface area (Å²) in [6, 6.07) is 8.81. The lowest BCUT2D eigenvalue weighted by molar-refractivity contribution is -0.128. The molecule has 3 heteroatoms. The van der Waals surface area contributed by atoms with Crippen LogP contribution in [0, 0.1) is 11.8 Å². The molecule has 0 aromatic heterocycles. The molecule has 2 rings (SSSR count). The van der Waals surface area contributed by atoms with Crippen molar-refractivity contribution in [2.45, 2.75) is 70.9 Å². The van der Waals surface area contributed by atoms with Crippen molar-refractivity contribution in [3.05, 3.63) is 35.4 Å². The zero-order chi connectivity index (χ0) is 18.4. The summed E-state index contributed by atoms with van der Waals surface area (Å²) in [4.78, 5) is 14.7. The Labute approximate surface area is 153 Å². The van der Waals surface area contributed by atoms with Gasteiger partial charge in [-0.2, -0.15) is 0 Å². The fourth-order valence-corrected chi connectivity index (χ4v) is 3.93. The molecule has 1 N–H and O–H groups in total. The number of rotatable bonds is 8. The van der Waals surface area contributed by atoms with Gasteiger partial charge in [0.15, 0.2) is 0 Å². The molecule has 0 amide bonds. The van der Waals surface area contributed by atoms with Crippen molar-refractivity contribution in [3.63, 3.8) is 0 Å². The molecule has 1 aromatic carbocycles. The molecule has 0 radical (unpaired) electrons. The van der Waals surface area contributed by atoms with E-state index in [-0.39, 0.29) is 11.7 Å². The third-order valence-corrected chi connectivity index (χ3v) is 5.38. The van der Waals surface area contributed by atoms with Crippen molar-refractivity contribution in [2.24, 2.45) is 11.8 Å². The molecule has 0 heterocycles. The van der Waals surface area contributed by atoms with Gasteiger partial charge in [-0.05, 0) is 62.7 Å². The Morgan fingerprint density at radius 1 is 1.20 bits per heavy atom. The second-order valence-corrected chi connectivity index (χ2v) is 8.42. The molecule has 1 aliphatic carbocycles. The maximum atomic E-state index is 12.6.